The Hall–Kier alpha value is -2.89. The fourth-order valence-corrected chi connectivity index (χ4v) is 4.09. The van der Waals surface area contributed by atoms with E-state index in [9.17, 15) is 4.79 Å². The first-order chi connectivity index (χ1) is 13.8. The molecule has 0 spiro atoms. The molecule has 1 aliphatic heterocycles. The van der Waals surface area contributed by atoms with Crippen LogP contribution in [0.1, 0.15) is 59.4 Å². The zero-order chi connectivity index (χ0) is 19.3. The van der Waals surface area contributed by atoms with Crippen molar-refractivity contribution in [1.82, 2.24) is 24.9 Å². The number of rotatable bonds is 6. The van der Waals surface area contributed by atoms with E-state index in [-0.39, 0.29) is 5.91 Å². The second-order valence-corrected chi connectivity index (χ2v) is 7.50. The molecule has 146 valence electrons. The van der Waals surface area contributed by atoms with Gasteiger partial charge < -0.3 is 4.90 Å². The molecule has 1 atom stereocenters. The number of hydrogen-bond acceptors (Lipinski definition) is 3. The largest absolute Gasteiger partial charge is 0.337 e. The maximum atomic E-state index is 13.1. The van der Waals surface area contributed by atoms with Crippen LogP contribution in [0.25, 0.3) is 0 Å². The number of carbonyl (C=O) groups is 1. The van der Waals surface area contributed by atoms with Gasteiger partial charge in [-0.05, 0) is 36.5 Å². The minimum absolute atomic E-state index is 0.0831. The van der Waals surface area contributed by atoms with Gasteiger partial charge in [-0.15, -0.1) is 0 Å². The van der Waals surface area contributed by atoms with Crippen molar-refractivity contribution in [2.75, 3.05) is 13.1 Å². The van der Waals surface area contributed by atoms with E-state index in [1.165, 1.54) is 16.8 Å². The quantitative estimate of drug-likeness (QED) is 0.713. The van der Waals surface area contributed by atoms with Crippen LogP contribution in [0.2, 0.25) is 0 Å². The molecule has 4 rings (SSSR count). The topological polar surface area (TPSA) is 66.8 Å². The lowest BCUT2D eigenvalue weighted by atomic mass is 9.90. The van der Waals surface area contributed by atoms with Crippen LogP contribution in [0.3, 0.4) is 0 Å². The third kappa shape index (κ3) is 3.86. The molecule has 1 unspecified atom stereocenters. The predicted molar refractivity (Wildman–Crippen MR) is 108 cm³/mol. The van der Waals surface area contributed by atoms with E-state index >= 15 is 0 Å². The lowest BCUT2D eigenvalue weighted by Gasteiger charge is -2.32. The Labute approximate surface area is 165 Å². The number of aromatic nitrogens is 4. The number of likely N-dealkylation sites (tertiary alicyclic amines) is 1. The molecule has 1 fully saturated rings. The fourth-order valence-electron chi connectivity index (χ4n) is 4.09. The van der Waals surface area contributed by atoms with Gasteiger partial charge >= 0.3 is 0 Å². The van der Waals surface area contributed by atoms with Crippen LogP contribution in [-0.2, 0) is 13.0 Å². The van der Waals surface area contributed by atoms with E-state index in [2.05, 4.69) is 46.5 Å². The summed E-state index contributed by atoms with van der Waals surface area (Å²) < 4.78 is 1.82. The number of benzene rings is 1. The van der Waals surface area contributed by atoms with Gasteiger partial charge in [-0.2, -0.15) is 10.2 Å². The van der Waals surface area contributed by atoms with Crippen molar-refractivity contribution in [2.24, 2.45) is 0 Å². The minimum Gasteiger partial charge on any atom is -0.337 e. The number of hydrogen-bond donors (Lipinski definition) is 1. The highest BCUT2D eigenvalue weighted by molar-refractivity contribution is 5.92. The van der Waals surface area contributed by atoms with Crippen LogP contribution in [0.4, 0.5) is 0 Å². The van der Waals surface area contributed by atoms with Gasteiger partial charge in [-0.1, -0.05) is 37.3 Å². The smallest absolute Gasteiger partial charge is 0.272 e. The van der Waals surface area contributed by atoms with Gasteiger partial charge in [0.15, 0.2) is 0 Å². The summed E-state index contributed by atoms with van der Waals surface area (Å²) >= 11 is 0. The van der Waals surface area contributed by atoms with E-state index in [0.717, 1.165) is 45.3 Å². The molecule has 3 aromatic rings. The molecule has 3 heterocycles. The average molecular weight is 377 g/mol. The number of amides is 1. The number of carbonyl (C=O) groups excluding carboxylic acids is 1. The average Bonchev–Trinajstić information content (AvgIpc) is 3.38. The molecule has 0 radical (unpaired) electrons. The van der Waals surface area contributed by atoms with Crippen LogP contribution in [-0.4, -0.2) is 43.9 Å². The zero-order valence-corrected chi connectivity index (χ0v) is 16.3. The number of aromatic amines is 1. The molecular formula is C22H27N5O. The van der Waals surface area contributed by atoms with E-state index in [4.69, 9.17) is 0 Å². The van der Waals surface area contributed by atoms with Gasteiger partial charge in [0.25, 0.3) is 5.91 Å². The van der Waals surface area contributed by atoms with Gasteiger partial charge in [0, 0.05) is 43.9 Å². The number of nitrogens with zero attached hydrogens (tertiary/aromatic N) is 4. The minimum atomic E-state index is 0.0831. The van der Waals surface area contributed by atoms with E-state index in [1.54, 1.807) is 6.20 Å². The van der Waals surface area contributed by atoms with Gasteiger partial charge in [0.1, 0.15) is 5.69 Å². The maximum Gasteiger partial charge on any atom is 0.272 e. The number of nitrogens with one attached hydrogen (secondary N) is 1. The molecule has 2 aromatic heterocycles. The Balaban J connectivity index is 1.49. The van der Waals surface area contributed by atoms with Crippen molar-refractivity contribution in [3.63, 3.8) is 0 Å². The third-order valence-corrected chi connectivity index (χ3v) is 5.48. The summed E-state index contributed by atoms with van der Waals surface area (Å²) in [4.78, 5) is 15.1. The van der Waals surface area contributed by atoms with Crippen LogP contribution >= 0.6 is 0 Å². The predicted octanol–water partition coefficient (Wildman–Crippen LogP) is 3.63. The standard InChI is InChI=1S/C22H27N5O/c1-2-12-27-20(10-11-24-27)22(28)26-13-6-9-18(16-26)21-19(15-23-25-21)14-17-7-4-3-5-8-17/h3-5,7-8,10-11,15,18H,2,6,9,12-14,16H2,1H3,(H,23,25). The van der Waals surface area contributed by atoms with Crippen molar-refractivity contribution in [3.8, 4) is 0 Å². The van der Waals surface area contributed by atoms with Crippen molar-refractivity contribution >= 4 is 5.91 Å². The lowest BCUT2D eigenvalue weighted by molar-refractivity contribution is 0.0692. The third-order valence-electron chi connectivity index (χ3n) is 5.48. The Morgan fingerprint density at radius 2 is 2.11 bits per heavy atom. The van der Waals surface area contributed by atoms with Gasteiger partial charge in [0.2, 0.25) is 0 Å². The van der Waals surface area contributed by atoms with Crippen LogP contribution < -0.4 is 0 Å². The van der Waals surface area contributed by atoms with Crippen LogP contribution in [0.5, 0.6) is 0 Å². The van der Waals surface area contributed by atoms with Crippen molar-refractivity contribution in [3.05, 3.63) is 71.3 Å². The van der Waals surface area contributed by atoms with E-state index in [1.807, 2.05) is 27.9 Å². The highest BCUT2D eigenvalue weighted by Crippen LogP contribution is 2.29. The van der Waals surface area contributed by atoms with Crippen LogP contribution in [0, 0.1) is 0 Å². The zero-order valence-electron chi connectivity index (χ0n) is 16.3. The first-order valence-electron chi connectivity index (χ1n) is 10.1. The molecule has 1 amide bonds. The summed E-state index contributed by atoms with van der Waals surface area (Å²) in [6.45, 7) is 4.39. The van der Waals surface area contributed by atoms with Gasteiger partial charge in [0.05, 0.1) is 6.20 Å². The molecule has 1 N–H and O–H groups in total. The molecule has 6 nitrogen and oxygen atoms in total. The summed E-state index contributed by atoms with van der Waals surface area (Å²) in [5.74, 6) is 0.376. The van der Waals surface area contributed by atoms with E-state index < -0.39 is 0 Å². The van der Waals surface area contributed by atoms with Crippen LogP contribution in [0.15, 0.2) is 48.8 Å². The molecule has 0 saturated carbocycles. The normalized spacial score (nSPS) is 17.0. The summed E-state index contributed by atoms with van der Waals surface area (Å²) in [7, 11) is 0. The Kier molecular flexibility index (Phi) is 5.55. The molecule has 1 saturated heterocycles. The Bertz CT molecular complexity index is 914. The van der Waals surface area contributed by atoms with Crippen molar-refractivity contribution < 1.29 is 4.79 Å². The Morgan fingerprint density at radius 3 is 2.93 bits per heavy atom. The second kappa shape index (κ2) is 8.42. The summed E-state index contributed by atoms with van der Waals surface area (Å²) in [5.41, 5.74) is 4.36. The fraction of sp³-hybridized carbons (Fsp3) is 0.409. The molecule has 28 heavy (non-hydrogen) atoms. The lowest BCUT2D eigenvalue weighted by Crippen LogP contribution is -2.40. The molecule has 6 heteroatoms. The highest BCUT2D eigenvalue weighted by Gasteiger charge is 2.29. The molecule has 1 aliphatic rings. The summed E-state index contributed by atoms with van der Waals surface area (Å²) in [6.07, 6.45) is 7.54. The summed E-state index contributed by atoms with van der Waals surface area (Å²) in [5, 5.41) is 11.8. The SMILES string of the molecule is CCCn1nccc1C(=O)N1CCCC(c2[nH]ncc2Cc2ccccc2)C1. The maximum absolute atomic E-state index is 13.1. The summed E-state index contributed by atoms with van der Waals surface area (Å²) in [6, 6.07) is 12.3. The monoisotopic (exact) mass is 377 g/mol. The second-order valence-electron chi connectivity index (χ2n) is 7.50. The number of aryl methyl sites for hydroxylation is 1. The molecular weight excluding hydrogens is 350 g/mol. The van der Waals surface area contributed by atoms with Gasteiger partial charge in [-0.3, -0.25) is 14.6 Å². The molecule has 0 bridgehead atoms. The first-order valence-corrected chi connectivity index (χ1v) is 10.1. The van der Waals surface area contributed by atoms with Crippen molar-refractivity contribution in [1.29, 1.82) is 0 Å². The van der Waals surface area contributed by atoms with E-state index in [0.29, 0.717) is 11.6 Å². The number of H-pyrrole nitrogens is 1. The number of piperidine rings is 1. The van der Waals surface area contributed by atoms with Crippen molar-refractivity contribution in [2.45, 2.75) is 45.1 Å². The Morgan fingerprint density at radius 1 is 1.25 bits per heavy atom. The van der Waals surface area contributed by atoms with Gasteiger partial charge in [-0.25, -0.2) is 0 Å². The first kappa shape index (κ1) is 18.5. The molecule has 1 aromatic carbocycles. The highest BCUT2D eigenvalue weighted by atomic mass is 16.2. The molecule has 0 aliphatic carbocycles.